The van der Waals surface area contributed by atoms with E-state index >= 15 is 0 Å². The Labute approximate surface area is 142 Å². The van der Waals surface area contributed by atoms with E-state index in [1.807, 2.05) is 24.0 Å². The Hall–Kier alpha value is -0.480. The Morgan fingerprint density at radius 2 is 2.14 bits per heavy atom. The highest BCUT2D eigenvalue weighted by Crippen LogP contribution is 2.35. The first-order valence-corrected chi connectivity index (χ1v) is 7.81. The molecule has 0 aromatic heterocycles. The minimum atomic E-state index is -0.400. The molecule has 3 nitrogen and oxygen atoms in total. The third-order valence-corrected chi connectivity index (χ3v) is 4.52. The van der Waals surface area contributed by atoms with E-state index < -0.39 is 6.04 Å². The number of rotatable bonds is 4. The van der Waals surface area contributed by atoms with Crippen LogP contribution in [-0.4, -0.2) is 23.4 Å². The van der Waals surface area contributed by atoms with Crippen molar-refractivity contribution in [2.45, 2.75) is 44.7 Å². The Balaban J connectivity index is 0.00000220. The van der Waals surface area contributed by atoms with E-state index in [0.717, 1.165) is 37.8 Å². The molecule has 1 aromatic rings. The highest BCUT2D eigenvalue weighted by atomic mass is 35.5. The normalized spacial score (nSPS) is 19.2. The van der Waals surface area contributed by atoms with Gasteiger partial charge in [0.2, 0.25) is 5.91 Å². The molecule has 2 rings (SSSR count). The van der Waals surface area contributed by atoms with Crippen molar-refractivity contribution < 1.29 is 4.79 Å². The molecule has 21 heavy (non-hydrogen) atoms. The van der Waals surface area contributed by atoms with Crippen molar-refractivity contribution in [3.63, 3.8) is 0 Å². The van der Waals surface area contributed by atoms with Crippen LogP contribution in [0.5, 0.6) is 0 Å². The third kappa shape index (κ3) is 4.26. The minimum absolute atomic E-state index is 0. The average molecular weight is 352 g/mol. The van der Waals surface area contributed by atoms with E-state index in [-0.39, 0.29) is 24.4 Å². The summed E-state index contributed by atoms with van der Waals surface area (Å²) in [5, 5.41) is 1.07. The molecule has 6 heteroatoms. The second-order valence-corrected chi connectivity index (χ2v) is 6.07. The zero-order chi connectivity index (χ0) is 14.7. The number of benzene rings is 1. The van der Waals surface area contributed by atoms with Gasteiger partial charge in [0, 0.05) is 6.54 Å². The molecule has 0 spiro atoms. The van der Waals surface area contributed by atoms with Crippen molar-refractivity contribution in [3.05, 3.63) is 33.8 Å². The van der Waals surface area contributed by atoms with Crippen LogP contribution in [0.25, 0.3) is 0 Å². The van der Waals surface area contributed by atoms with Gasteiger partial charge in [-0.25, -0.2) is 0 Å². The molecule has 0 radical (unpaired) electrons. The van der Waals surface area contributed by atoms with E-state index in [0.29, 0.717) is 10.0 Å². The topological polar surface area (TPSA) is 46.3 Å². The van der Waals surface area contributed by atoms with E-state index in [1.54, 1.807) is 6.07 Å². The summed E-state index contributed by atoms with van der Waals surface area (Å²) in [5.41, 5.74) is 7.00. The van der Waals surface area contributed by atoms with Crippen molar-refractivity contribution >= 4 is 41.5 Å². The van der Waals surface area contributed by atoms with Crippen LogP contribution in [0, 0.1) is 0 Å². The molecular formula is C15H21Cl3N2O. The van der Waals surface area contributed by atoms with Crippen molar-refractivity contribution in [2.24, 2.45) is 5.73 Å². The molecule has 2 N–H and O–H groups in total. The molecule has 1 aliphatic rings. The molecule has 0 aliphatic carbocycles. The highest BCUT2D eigenvalue weighted by molar-refractivity contribution is 6.42. The minimum Gasteiger partial charge on any atom is -0.334 e. The highest BCUT2D eigenvalue weighted by Gasteiger charge is 2.32. The van der Waals surface area contributed by atoms with Gasteiger partial charge in [0.05, 0.1) is 22.1 Å². The number of carbonyl (C=O) groups excluding carboxylic acids is 1. The van der Waals surface area contributed by atoms with Crippen LogP contribution >= 0.6 is 35.6 Å². The third-order valence-electron chi connectivity index (χ3n) is 3.78. The molecule has 118 valence electrons. The van der Waals surface area contributed by atoms with Gasteiger partial charge in [-0.2, -0.15) is 0 Å². The van der Waals surface area contributed by atoms with E-state index in [2.05, 4.69) is 0 Å². The maximum Gasteiger partial charge on any atom is 0.239 e. The number of hydrogen-bond donors (Lipinski definition) is 1. The summed E-state index contributed by atoms with van der Waals surface area (Å²) in [4.78, 5) is 14.3. The SMILES string of the molecule is CCCC(N)C(=O)N1CCCC1c1ccc(Cl)c(Cl)c1.Cl. The fraction of sp³-hybridized carbons (Fsp3) is 0.533. The molecule has 1 aliphatic heterocycles. The Morgan fingerprint density at radius 1 is 1.43 bits per heavy atom. The Kier molecular flexibility index (Phi) is 7.28. The number of carbonyl (C=O) groups is 1. The number of amides is 1. The lowest BCUT2D eigenvalue weighted by atomic mass is 10.0. The van der Waals surface area contributed by atoms with Crippen LogP contribution in [0.3, 0.4) is 0 Å². The monoisotopic (exact) mass is 350 g/mol. The molecule has 1 saturated heterocycles. The van der Waals surface area contributed by atoms with E-state index in [9.17, 15) is 4.79 Å². The first kappa shape index (κ1) is 18.6. The lowest BCUT2D eigenvalue weighted by Gasteiger charge is -2.28. The number of halogens is 3. The van der Waals surface area contributed by atoms with Crippen molar-refractivity contribution in [1.29, 1.82) is 0 Å². The fourth-order valence-electron chi connectivity index (χ4n) is 2.74. The molecule has 1 amide bonds. The second-order valence-electron chi connectivity index (χ2n) is 5.26. The first-order valence-electron chi connectivity index (χ1n) is 7.05. The Morgan fingerprint density at radius 3 is 2.76 bits per heavy atom. The molecule has 0 bridgehead atoms. The van der Waals surface area contributed by atoms with Gasteiger partial charge in [-0.05, 0) is 37.0 Å². The zero-order valence-corrected chi connectivity index (χ0v) is 14.3. The summed E-state index contributed by atoms with van der Waals surface area (Å²) in [6.45, 7) is 2.80. The first-order chi connectivity index (χ1) is 9.54. The number of hydrogen-bond acceptors (Lipinski definition) is 2. The smallest absolute Gasteiger partial charge is 0.239 e. The van der Waals surface area contributed by atoms with Crippen LogP contribution < -0.4 is 5.73 Å². The van der Waals surface area contributed by atoms with Crippen LogP contribution in [0.1, 0.15) is 44.2 Å². The molecule has 1 fully saturated rings. The summed E-state index contributed by atoms with van der Waals surface area (Å²) in [6, 6.07) is 5.25. The Bertz CT molecular complexity index is 496. The average Bonchev–Trinajstić information content (AvgIpc) is 2.90. The largest absolute Gasteiger partial charge is 0.334 e. The predicted octanol–water partition coefficient (Wildman–Crippen LogP) is 4.21. The summed E-state index contributed by atoms with van der Waals surface area (Å²) in [5.74, 6) is 0.0421. The maximum atomic E-state index is 12.4. The summed E-state index contributed by atoms with van der Waals surface area (Å²) in [7, 11) is 0. The van der Waals surface area contributed by atoms with Gasteiger partial charge in [-0.3, -0.25) is 4.79 Å². The molecular weight excluding hydrogens is 331 g/mol. The standard InChI is InChI=1S/C15H20Cl2N2O.ClH/c1-2-4-13(18)15(20)19-8-3-5-14(19)10-6-7-11(16)12(17)9-10;/h6-7,9,13-14H,2-5,8,18H2,1H3;1H. The molecule has 1 heterocycles. The lowest BCUT2D eigenvalue weighted by Crippen LogP contribution is -2.43. The quantitative estimate of drug-likeness (QED) is 0.883. The van der Waals surface area contributed by atoms with E-state index in [1.165, 1.54) is 0 Å². The fourth-order valence-corrected chi connectivity index (χ4v) is 3.05. The van der Waals surface area contributed by atoms with Gasteiger partial charge in [0.1, 0.15) is 0 Å². The van der Waals surface area contributed by atoms with Gasteiger partial charge in [-0.1, -0.05) is 42.6 Å². The summed E-state index contributed by atoms with van der Waals surface area (Å²) < 4.78 is 0. The van der Waals surface area contributed by atoms with Gasteiger partial charge in [-0.15, -0.1) is 12.4 Å². The molecule has 2 unspecified atom stereocenters. The van der Waals surface area contributed by atoms with Crippen LogP contribution in [0.15, 0.2) is 18.2 Å². The van der Waals surface area contributed by atoms with Gasteiger partial charge in [0.15, 0.2) is 0 Å². The number of nitrogens with zero attached hydrogens (tertiary/aromatic N) is 1. The molecule has 0 saturated carbocycles. The van der Waals surface area contributed by atoms with Gasteiger partial charge in [0.25, 0.3) is 0 Å². The van der Waals surface area contributed by atoms with Crippen LogP contribution in [-0.2, 0) is 4.79 Å². The molecule has 1 aromatic carbocycles. The van der Waals surface area contributed by atoms with Crippen molar-refractivity contribution in [3.8, 4) is 0 Å². The van der Waals surface area contributed by atoms with Crippen LogP contribution in [0.2, 0.25) is 10.0 Å². The predicted molar refractivity (Wildman–Crippen MR) is 90.3 cm³/mol. The summed E-state index contributed by atoms with van der Waals surface area (Å²) >= 11 is 12.0. The van der Waals surface area contributed by atoms with Gasteiger partial charge < -0.3 is 10.6 Å². The molecule has 2 atom stereocenters. The van der Waals surface area contributed by atoms with Crippen molar-refractivity contribution in [2.75, 3.05) is 6.54 Å². The van der Waals surface area contributed by atoms with Crippen molar-refractivity contribution in [1.82, 2.24) is 4.90 Å². The zero-order valence-electron chi connectivity index (χ0n) is 12.0. The number of nitrogens with two attached hydrogens (primary N) is 1. The van der Waals surface area contributed by atoms with Crippen LogP contribution in [0.4, 0.5) is 0 Å². The second kappa shape index (κ2) is 8.23. The van der Waals surface area contributed by atoms with Gasteiger partial charge >= 0.3 is 0 Å². The number of likely N-dealkylation sites (tertiary alicyclic amines) is 1. The van der Waals surface area contributed by atoms with E-state index in [4.69, 9.17) is 28.9 Å². The maximum absolute atomic E-state index is 12.4. The summed E-state index contributed by atoms with van der Waals surface area (Å²) in [6.07, 6.45) is 3.58. The lowest BCUT2D eigenvalue weighted by molar-refractivity contribution is -0.133.